The predicted molar refractivity (Wildman–Crippen MR) is 78.9 cm³/mol. The minimum Gasteiger partial charge on any atom is -0.382 e. The molecule has 106 valence electrons. The topological polar surface area (TPSA) is 49.5 Å². The Bertz CT molecular complexity index is 376. The monoisotopic (exact) mass is 262 g/mol. The zero-order valence-corrected chi connectivity index (χ0v) is 11.9. The summed E-state index contributed by atoms with van der Waals surface area (Å²) in [7, 11) is 0. The Morgan fingerprint density at radius 2 is 1.89 bits per heavy atom. The van der Waals surface area contributed by atoms with E-state index in [9.17, 15) is 5.11 Å². The molecule has 1 saturated carbocycles. The number of nitrogens with two attached hydrogens (primary N) is 1. The minimum absolute atomic E-state index is 0.264. The molecule has 3 N–H and O–H groups in total. The predicted octanol–water partition coefficient (Wildman–Crippen LogP) is 2.10. The molecule has 0 heterocycles. The number of hydrogen-bond donors (Lipinski definition) is 2. The molecule has 0 aliphatic heterocycles. The van der Waals surface area contributed by atoms with E-state index in [1.807, 2.05) is 30.3 Å². The van der Waals surface area contributed by atoms with Gasteiger partial charge in [-0.2, -0.15) is 0 Å². The van der Waals surface area contributed by atoms with Gasteiger partial charge in [0.15, 0.2) is 0 Å². The van der Waals surface area contributed by atoms with Gasteiger partial charge in [0.1, 0.15) is 5.60 Å². The third kappa shape index (κ3) is 3.35. The van der Waals surface area contributed by atoms with Crippen molar-refractivity contribution < 1.29 is 5.11 Å². The summed E-state index contributed by atoms with van der Waals surface area (Å²) in [5.74, 6) is 0. The Hall–Kier alpha value is -0.900. The fourth-order valence-corrected chi connectivity index (χ4v) is 3.13. The van der Waals surface area contributed by atoms with E-state index in [-0.39, 0.29) is 6.54 Å². The summed E-state index contributed by atoms with van der Waals surface area (Å²) in [6.45, 7) is 4.04. The molecule has 0 radical (unpaired) electrons. The van der Waals surface area contributed by atoms with E-state index >= 15 is 0 Å². The number of rotatable bonds is 6. The van der Waals surface area contributed by atoms with E-state index in [4.69, 9.17) is 5.73 Å². The Kier molecular flexibility index (Phi) is 4.97. The molecule has 3 nitrogen and oxygen atoms in total. The lowest BCUT2D eigenvalue weighted by Crippen LogP contribution is -2.48. The van der Waals surface area contributed by atoms with Gasteiger partial charge in [-0.05, 0) is 24.9 Å². The Morgan fingerprint density at radius 3 is 2.42 bits per heavy atom. The first-order valence-electron chi connectivity index (χ1n) is 7.41. The van der Waals surface area contributed by atoms with Gasteiger partial charge < -0.3 is 10.8 Å². The molecule has 1 fully saturated rings. The van der Waals surface area contributed by atoms with Crippen LogP contribution in [0.3, 0.4) is 0 Å². The highest BCUT2D eigenvalue weighted by Crippen LogP contribution is 2.27. The van der Waals surface area contributed by atoms with Crippen LogP contribution in [0.25, 0.3) is 0 Å². The molecule has 0 spiro atoms. The second kappa shape index (κ2) is 6.51. The third-order valence-electron chi connectivity index (χ3n) is 4.36. The van der Waals surface area contributed by atoms with Crippen molar-refractivity contribution in [3.05, 3.63) is 35.9 Å². The molecule has 0 bridgehead atoms. The van der Waals surface area contributed by atoms with E-state index in [1.165, 1.54) is 25.7 Å². The summed E-state index contributed by atoms with van der Waals surface area (Å²) in [5, 5.41) is 10.9. The summed E-state index contributed by atoms with van der Waals surface area (Å²) in [4.78, 5) is 2.40. The fraction of sp³-hybridized carbons (Fsp3) is 0.625. The highest BCUT2D eigenvalue weighted by Gasteiger charge is 2.33. The van der Waals surface area contributed by atoms with Crippen molar-refractivity contribution in [3.63, 3.8) is 0 Å². The molecule has 3 heteroatoms. The minimum atomic E-state index is -0.931. The molecule has 19 heavy (non-hydrogen) atoms. The maximum Gasteiger partial charge on any atom is 0.114 e. The van der Waals surface area contributed by atoms with Crippen LogP contribution in [-0.2, 0) is 5.60 Å². The maximum absolute atomic E-state index is 10.9. The normalized spacial score (nSPS) is 19.8. The van der Waals surface area contributed by atoms with Gasteiger partial charge in [-0.1, -0.05) is 50.1 Å². The first kappa shape index (κ1) is 14.5. The van der Waals surface area contributed by atoms with E-state index < -0.39 is 5.60 Å². The summed E-state index contributed by atoms with van der Waals surface area (Å²) in [5.41, 5.74) is 5.86. The molecule has 0 aromatic heterocycles. The van der Waals surface area contributed by atoms with Crippen molar-refractivity contribution in [2.24, 2.45) is 5.73 Å². The molecule has 1 aromatic carbocycles. The second-order valence-electron chi connectivity index (χ2n) is 5.60. The number of nitrogens with zero attached hydrogens (tertiary/aromatic N) is 1. The number of hydrogen-bond acceptors (Lipinski definition) is 3. The lowest BCUT2D eigenvalue weighted by atomic mass is 9.92. The lowest BCUT2D eigenvalue weighted by molar-refractivity contribution is -0.00387. The molecular formula is C16H26N2O. The van der Waals surface area contributed by atoms with Crippen LogP contribution in [0.2, 0.25) is 0 Å². The van der Waals surface area contributed by atoms with Crippen molar-refractivity contribution in [1.29, 1.82) is 0 Å². The van der Waals surface area contributed by atoms with Gasteiger partial charge in [0.05, 0.1) is 0 Å². The van der Waals surface area contributed by atoms with Crippen LogP contribution < -0.4 is 5.73 Å². The average Bonchev–Trinajstić information content (AvgIpc) is 2.99. The van der Waals surface area contributed by atoms with E-state index in [0.717, 1.165) is 12.1 Å². The van der Waals surface area contributed by atoms with Crippen LogP contribution in [0.5, 0.6) is 0 Å². The van der Waals surface area contributed by atoms with Gasteiger partial charge in [0, 0.05) is 19.1 Å². The van der Waals surface area contributed by atoms with E-state index in [0.29, 0.717) is 12.6 Å². The fourth-order valence-electron chi connectivity index (χ4n) is 3.13. The third-order valence-corrected chi connectivity index (χ3v) is 4.36. The second-order valence-corrected chi connectivity index (χ2v) is 5.60. The molecule has 1 atom stereocenters. The average molecular weight is 262 g/mol. The molecule has 0 saturated heterocycles. The molecule has 2 rings (SSSR count). The summed E-state index contributed by atoms with van der Waals surface area (Å²) in [6, 6.07) is 10.4. The van der Waals surface area contributed by atoms with Crippen LogP contribution in [-0.4, -0.2) is 35.7 Å². The van der Waals surface area contributed by atoms with Crippen molar-refractivity contribution >= 4 is 0 Å². The molecular weight excluding hydrogens is 236 g/mol. The van der Waals surface area contributed by atoms with Crippen molar-refractivity contribution in [3.8, 4) is 0 Å². The molecule has 0 amide bonds. The molecule has 1 aliphatic rings. The van der Waals surface area contributed by atoms with Crippen molar-refractivity contribution in [2.45, 2.75) is 44.2 Å². The molecule has 1 unspecified atom stereocenters. The van der Waals surface area contributed by atoms with Gasteiger partial charge in [0.2, 0.25) is 0 Å². The summed E-state index contributed by atoms with van der Waals surface area (Å²) >= 11 is 0. The van der Waals surface area contributed by atoms with Gasteiger partial charge in [-0.3, -0.25) is 4.90 Å². The largest absolute Gasteiger partial charge is 0.382 e. The van der Waals surface area contributed by atoms with E-state index in [1.54, 1.807) is 0 Å². The lowest BCUT2D eigenvalue weighted by Gasteiger charge is -2.36. The standard InChI is InChI=1S/C16H26N2O/c1-2-18(15-10-6-7-11-15)13-16(19,12-17)14-8-4-3-5-9-14/h3-5,8-9,15,19H,2,6-7,10-13,17H2,1H3. The zero-order chi connectivity index (χ0) is 13.7. The maximum atomic E-state index is 10.9. The van der Waals surface area contributed by atoms with E-state index in [2.05, 4.69) is 11.8 Å². The molecule has 1 aromatic rings. The van der Waals surface area contributed by atoms with Crippen LogP contribution in [0.4, 0.5) is 0 Å². The van der Waals surface area contributed by atoms with Crippen LogP contribution >= 0.6 is 0 Å². The Labute approximate surface area is 116 Å². The first-order chi connectivity index (χ1) is 9.19. The molecule has 1 aliphatic carbocycles. The van der Waals surface area contributed by atoms with Crippen molar-refractivity contribution in [2.75, 3.05) is 19.6 Å². The van der Waals surface area contributed by atoms with Crippen LogP contribution in [0.1, 0.15) is 38.2 Å². The quantitative estimate of drug-likeness (QED) is 0.825. The number of benzene rings is 1. The zero-order valence-electron chi connectivity index (χ0n) is 11.9. The Morgan fingerprint density at radius 1 is 1.26 bits per heavy atom. The number of likely N-dealkylation sites (N-methyl/N-ethyl adjacent to an activating group) is 1. The van der Waals surface area contributed by atoms with Crippen molar-refractivity contribution in [1.82, 2.24) is 4.90 Å². The van der Waals surface area contributed by atoms with Gasteiger partial charge >= 0.3 is 0 Å². The first-order valence-corrected chi connectivity index (χ1v) is 7.41. The van der Waals surface area contributed by atoms with Crippen LogP contribution in [0, 0.1) is 0 Å². The Balaban J connectivity index is 2.12. The summed E-state index contributed by atoms with van der Waals surface area (Å²) in [6.07, 6.45) is 5.13. The highest BCUT2D eigenvalue weighted by atomic mass is 16.3. The summed E-state index contributed by atoms with van der Waals surface area (Å²) < 4.78 is 0. The van der Waals surface area contributed by atoms with Gasteiger partial charge in [0.25, 0.3) is 0 Å². The van der Waals surface area contributed by atoms with Gasteiger partial charge in [-0.15, -0.1) is 0 Å². The van der Waals surface area contributed by atoms with Crippen LogP contribution in [0.15, 0.2) is 30.3 Å². The van der Waals surface area contributed by atoms with Gasteiger partial charge in [-0.25, -0.2) is 0 Å². The SMILES string of the molecule is CCN(CC(O)(CN)c1ccccc1)C1CCCC1. The number of aliphatic hydroxyl groups is 1. The smallest absolute Gasteiger partial charge is 0.114 e. The highest BCUT2D eigenvalue weighted by molar-refractivity contribution is 5.23.